The van der Waals surface area contributed by atoms with Gasteiger partial charge < -0.3 is 20.1 Å². The molecule has 2 N–H and O–H groups in total. The van der Waals surface area contributed by atoms with Gasteiger partial charge in [0.25, 0.3) is 0 Å². The number of hydrogen-bond donors (Lipinski definition) is 2. The largest absolute Gasteiger partial charge is 0.495 e. The molecule has 0 saturated heterocycles. The zero-order valence-corrected chi connectivity index (χ0v) is 21.1. The summed E-state index contributed by atoms with van der Waals surface area (Å²) in [7, 11) is 4.25. The molecule has 12 heteroatoms. The number of aromatic nitrogens is 2. The Labute approximate surface area is 213 Å². The summed E-state index contributed by atoms with van der Waals surface area (Å²) in [5, 5.41) is 6.20. The van der Waals surface area contributed by atoms with E-state index in [1.54, 1.807) is 13.2 Å². The highest BCUT2D eigenvalue weighted by molar-refractivity contribution is 6.35. The molecular weight excluding hydrogens is 491 g/mol. The summed E-state index contributed by atoms with van der Waals surface area (Å²) in [5.41, 5.74) is 0.445. The fraction of sp³-hybridized carbons (Fsp3) is 0.417. The normalized spacial score (nSPS) is 19.4. The zero-order valence-electron chi connectivity index (χ0n) is 20.3. The van der Waals surface area contributed by atoms with Crippen molar-refractivity contribution in [1.29, 1.82) is 0 Å². The van der Waals surface area contributed by atoms with Gasteiger partial charge in [0.05, 0.1) is 20.8 Å². The van der Waals surface area contributed by atoms with E-state index in [1.807, 2.05) is 0 Å². The molecule has 1 aliphatic heterocycles. The van der Waals surface area contributed by atoms with Gasteiger partial charge in [-0.1, -0.05) is 31.0 Å². The van der Waals surface area contributed by atoms with Crippen molar-refractivity contribution in [1.82, 2.24) is 15.3 Å². The maximum absolute atomic E-state index is 15.2. The molecule has 2 heterocycles. The molecule has 0 bridgehead atoms. The topological polar surface area (TPSA) is 109 Å². The molecule has 2 aromatic rings. The highest BCUT2D eigenvalue weighted by atomic mass is 35.5. The lowest BCUT2D eigenvalue weighted by atomic mass is 9.90. The van der Waals surface area contributed by atoms with E-state index in [-0.39, 0.29) is 46.7 Å². The first kappa shape index (κ1) is 25.5. The average molecular weight is 519 g/mol. The molecule has 2 aliphatic rings. The smallest absolute Gasteiger partial charge is 0.330 e. The lowest BCUT2D eigenvalue weighted by Gasteiger charge is -2.35. The Morgan fingerprint density at radius 3 is 2.61 bits per heavy atom. The minimum atomic E-state index is -0.780. The number of rotatable bonds is 7. The second kappa shape index (κ2) is 10.6. The van der Waals surface area contributed by atoms with Crippen LogP contribution in [0.1, 0.15) is 31.2 Å². The second-order valence-electron chi connectivity index (χ2n) is 8.58. The predicted molar refractivity (Wildman–Crippen MR) is 135 cm³/mol. The minimum absolute atomic E-state index is 0.00675. The summed E-state index contributed by atoms with van der Waals surface area (Å²) >= 11 is 6.40. The minimum Gasteiger partial charge on any atom is -0.495 e. The summed E-state index contributed by atoms with van der Waals surface area (Å²) in [6.45, 7) is 3.51. The third kappa shape index (κ3) is 4.75. The van der Waals surface area contributed by atoms with Crippen LogP contribution < -0.4 is 29.9 Å². The monoisotopic (exact) mass is 518 g/mol. The number of carbonyl (C=O) groups excluding carboxylic acids is 2. The standard InChI is InChI=1S/C24H28ClFN6O4/c1-5-18(33)28-14-8-6-7-9-15(14)29-23-27-11-13-12-32(24(34)31(2)22(13)30-23)21-19(25)16(35-3)10-17(36-4)20(21)26/h5,10-11,14-15H,1,6-9,12H2,2-4H3,(H,28,33)(H,27,29,30)/t14-,15+/m0/s1. The molecule has 3 amide bonds. The van der Waals surface area contributed by atoms with Crippen molar-refractivity contribution >= 4 is 41.0 Å². The molecule has 2 atom stereocenters. The van der Waals surface area contributed by atoms with Crippen LogP contribution in [0.15, 0.2) is 24.9 Å². The number of methoxy groups -OCH3 is 2. The van der Waals surface area contributed by atoms with Gasteiger partial charge in [-0.2, -0.15) is 4.98 Å². The number of urea groups is 1. The van der Waals surface area contributed by atoms with Crippen LogP contribution in [0.5, 0.6) is 11.5 Å². The van der Waals surface area contributed by atoms with Crippen LogP contribution >= 0.6 is 11.6 Å². The van der Waals surface area contributed by atoms with Gasteiger partial charge in [-0.15, -0.1) is 0 Å². The lowest BCUT2D eigenvalue weighted by molar-refractivity contribution is -0.117. The first-order valence-electron chi connectivity index (χ1n) is 11.5. The van der Waals surface area contributed by atoms with E-state index in [0.29, 0.717) is 17.3 Å². The van der Waals surface area contributed by atoms with Crippen molar-refractivity contribution in [2.24, 2.45) is 0 Å². The quantitative estimate of drug-likeness (QED) is 0.535. The number of anilines is 3. The van der Waals surface area contributed by atoms with Gasteiger partial charge in [-0.25, -0.2) is 14.2 Å². The summed E-state index contributed by atoms with van der Waals surface area (Å²) in [5.74, 6) is -0.217. The molecule has 4 rings (SSSR count). The van der Waals surface area contributed by atoms with Crippen LogP contribution in [-0.2, 0) is 11.3 Å². The fourth-order valence-electron chi connectivity index (χ4n) is 4.55. The Bertz CT molecular complexity index is 1170. The molecule has 1 aliphatic carbocycles. The molecule has 0 radical (unpaired) electrons. The molecular formula is C24H28ClFN6O4. The third-order valence-electron chi connectivity index (χ3n) is 6.42. The molecule has 192 valence electrons. The molecule has 36 heavy (non-hydrogen) atoms. The summed E-state index contributed by atoms with van der Waals surface area (Å²) in [4.78, 5) is 36.6. The maximum Gasteiger partial charge on any atom is 0.330 e. The summed E-state index contributed by atoms with van der Waals surface area (Å²) in [6, 6.07) is 0.632. The Hall–Kier alpha value is -3.60. The average Bonchev–Trinajstić information content (AvgIpc) is 2.88. The van der Waals surface area contributed by atoms with Crippen molar-refractivity contribution in [3.63, 3.8) is 0 Å². The van der Waals surface area contributed by atoms with Crippen LogP contribution in [0.25, 0.3) is 0 Å². The Balaban J connectivity index is 1.62. The van der Waals surface area contributed by atoms with Crippen LogP contribution in [0.4, 0.5) is 26.6 Å². The van der Waals surface area contributed by atoms with Gasteiger partial charge >= 0.3 is 6.03 Å². The third-order valence-corrected chi connectivity index (χ3v) is 6.78. The Morgan fingerprint density at radius 2 is 1.94 bits per heavy atom. The Kier molecular flexibility index (Phi) is 7.48. The molecule has 10 nitrogen and oxygen atoms in total. The van der Waals surface area contributed by atoms with Gasteiger partial charge in [0.2, 0.25) is 11.9 Å². The maximum atomic E-state index is 15.2. The Morgan fingerprint density at radius 1 is 1.25 bits per heavy atom. The van der Waals surface area contributed by atoms with Gasteiger partial charge in [0.1, 0.15) is 22.3 Å². The molecule has 1 saturated carbocycles. The molecule has 1 aromatic carbocycles. The van der Waals surface area contributed by atoms with Crippen molar-refractivity contribution < 1.29 is 23.5 Å². The second-order valence-corrected chi connectivity index (χ2v) is 8.96. The number of ether oxygens (including phenoxy) is 2. The number of nitrogens with zero attached hydrogens (tertiary/aromatic N) is 4. The van der Waals surface area contributed by atoms with Crippen molar-refractivity contribution in [3.05, 3.63) is 41.3 Å². The fourth-order valence-corrected chi connectivity index (χ4v) is 4.86. The van der Waals surface area contributed by atoms with E-state index >= 15 is 4.39 Å². The van der Waals surface area contributed by atoms with E-state index in [4.69, 9.17) is 21.1 Å². The first-order chi connectivity index (χ1) is 17.3. The lowest BCUT2D eigenvalue weighted by Crippen LogP contribution is -2.48. The first-order valence-corrected chi connectivity index (χ1v) is 11.9. The summed E-state index contributed by atoms with van der Waals surface area (Å²) < 4.78 is 25.6. The molecule has 1 aromatic heterocycles. The van der Waals surface area contributed by atoms with Crippen LogP contribution in [-0.4, -0.2) is 55.3 Å². The van der Waals surface area contributed by atoms with Crippen molar-refractivity contribution in [2.45, 2.75) is 44.3 Å². The van der Waals surface area contributed by atoms with E-state index < -0.39 is 11.8 Å². The van der Waals surface area contributed by atoms with Gasteiger partial charge in [-0.05, 0) is 18.9 Å². The zero-order chi connectivity index (χ0) is 26.0. The molecule has 0 spiro atoms. The number of amides is 3. The van der Waals surface area contributed by atoms with E-state index in [0.717, 1.165) is 25.7 Å². The predicted octanol–water partition coefficient (Wildman–Crippen LogP) is 3.89. The van der Waals surface area contributed by atoms with Gasteiger partial charge in [-0.3, -0.25) is 14.6 Å². The number of halogens is 2. The van der Waals surface area contributed by atoms with Crippen molar-refractivity contribution in [3.8, 4) is 11.5 Å². The highest BCUT2D eigenvalue weighted by Gasteiger charge is 2.36. The number of nitrogens with one attached hydrogen (secondary N) is 2. The SMILES string of the molecule is C=CC(=O)N[C@H]1CCCC[C@H]1Nc1ncc2c(n1)N(C)C(=O)N(c1c(F)c(OC)cc(OC)c1Cl)C2. The van der Waals surface area contributed by atoms with Crippen LogP contribution in [0.2, 0.25) is 5.02 Å². The van der Waals surface area contributed by atoms with Crippen LogP contribution in [0, 0.1) is 5.82 Å². The number of carbonyl (C=O) groups is 2. The summed E-state index contributed by atoms with van der Waals surface area (Å²) in [6.07, 6.45) is 6.51. The highest BCUT2D eigenvalue weighted by Crippen LogP contribution is 2.44. The van der Waals surface area contributed by atoms with E-state index in [9.17, 15) is 9.59 Å². The van der Waals surface area contributed by atoms with Crippen molar-refractivity contribution in [2.75, 3.05) is 36.4 Å². The number of benzene rings is 1. The van der Waals surface area contributed by atoms with Gasteiger partial charge in [0, 0.05) is 37.0 Å². The van der Waals surface area contributed by atoms with E-state index in [1.165, 1.54) is 36.2 Å². The number of fused-ring (bicyclic) bond motifs is 1. The number of hydrogen-bond acceptors (Lipinski definition) is 7. The molecule has 0 unspecified atom stereocenters. The molecule has 1 fully saturated rings. The van der Waals surface area contributed by atoms with E-state index in [2.05, 4.69) is 27.2 Å². The van der Waals surface area contributed by atoms with Crippen LogP contribution in [0.3, 0.4) is 0 Å². The van der Waals surface area contributed by atoms with Gasteiger partial charge in [0.15, 0.2) is 11.6 Å².